The second-order valence-corrected chi connectivity index (χ2v) is 8.30. The number of benzene rings is 2. The highest BCUT2D eigenvalue weighted by Crippen LogP contribution is 2.29. The molecule has 0 aliphatic heterocycles. The van der Waals surface area contributed by atoms with Gasteiger partial charge >= 0.3 is 5.97 Å². The van der Waals surface area contributed by atoms with Gasteiger partial charge in [-0.1, -0.05) is 36.4 Å². The number of aryl methyl sites for hydroxylation is 2. The van der Waals surface area contributed by atoms with E-state index in [9.17, 15) is 9.59 Å². The van der Waals surface area contributed by atoms with Gasteiger partial charge in [0.2, 0.25) is 5.91 Å². The minimum absolute atomic E-state index is 0.0980. The predicted octanol–water partition coefficient (Wildman–Crippen LogP) is 4.99. The number of carbonyl (C=O) groups is 2. The van der Waals surface area contributed by atoms with Crippen LogP contribution in [0.3, 0.4) is 0 Å². The fourth-order valence-corrected chi connectivity index (χ4v) is 4.61. The van der Waals surface area contributed by atoms with Crippen molar-refractivity contribution >= 4 is 34.0 Å². The van der Waals surface area contributed by atoms with Crippen molar-refractivity contribution in [1.29, 1.82) is 0 Å². The molecule has 0 spiro atoms. The smallest absolute Gasteiger partial charge is 0.310 e. The summed E-state index contributed by atoms with van der Waals surface area (Å²) in [6.07, 6.45) is 4.94. The van der Waals surface area contributed by atoms with Crippen molar-refractivity contribution in [1.82, 2.24) is 4.98 Å². The van der Waals surface area contributed by atoms with E-state index in [-0.39, 0.29) is 24.9 Å². The van der Waals surface area contributed by atoms with Crippen molar-refractivity contribution in [2.45, 2.75) is 45.6 Å². The molecule has 0 fully saturated rings. The van der Waals surface area contributed by atoms with E-state index >= 15 is 0 Å². The van der Waals surface area contributed by atoms with E-state index < -0.39 is 0 Å². The van der Waals surface area contributed by atoms with Gasteiger partial charge < -0.3 is 4.74 Å². The van der Waals surface area contributed by atoms with Gasteiger partial charge in [0.25, 0.3) is 0 Å². The number of hydrogen-bond donors (Lipinski definition) is 0. The minimum Gasteiger partial charge on any atom is -0.459 e. The van der Waals surface area contributed by atoms with Crippen molar-refractivity contribution in [3.63, 3.8) is 0 Å². The number of esters is 1. The van der Waals surface area contributed by atoms with Gasteiger partial charge in [-0.25, -0.2) is 4.98 Å². The highest BCUT2D eigenvalue weighted by molar-refractivity contribution is 7.14. The number of nitrogens with zero attached hydrogens (tertiary/aromatic N) is 2. The summed E-state index contributed by atoms with van der Waals surface area (Å²) in [5.41, 5.74) is 5.15. The summed E-state index contributed by atoms with van der Waals surface area (Å²) >= 11 is 1.35. The Morgan fingerprint density at radius 1 is 1.07 bits per heavy atom. The zero-order valence-electron chi connectivity index (χ0n) is 17.0. The number of para-hydroxylation sites is 1. The third-order valence-electron chi connectivity index (χ3n) is 5.20. The van der Waals surface area contributed by atoms with E-state index in [1.807, 2.05) is 41.8 Å². The normalized spacial score (nSPS) is 12.8. The molecule has 1 amide bonds. The largest absolute Gasteiger partial charge is 0.459 e. The predicted molar refractivity (Wildman–Crippen MR) is 118 cm³/mol. The first-order valence-corrected chi connectivity index (χ1v) is 11.0. The van der Waals surface area contributed by atoms with Gasteiger partial charge in [0.1, 0.15) is 6.61 Å². The van der Waals surface area contributed by atoms with Gasteiger partial charge in [0, 0.05) is 12.3 Å². The maximum atomic E-state index is 12.3. The van der Waals surface area contributed by atoms with E-state index in [1.54, 1.807) is 4.90 Å². The molecular weight excluding hydrogens is 396 g/mol. The third-order valence-corrected chi connectivity index (χ3v) is 6.08. The molecule has 3 aromatic rings. The fraction of sp³-hybridized carbons (Fsp3) is 0.292. The van der Waals surface area contributed by atoms with Crippen LogP contribution in [-0.2, 0) is 40.2 Å². The maximum Gasteiger partial charge on any atom is 0.310 e. The van der Waals surface area contributed by atoms with Crippen LogP contribution < -0.4 is 4.90 Å². The van der Waals surface area contributed by atoms with Crippen molar-refractivity contribution in [3.05, 3.63) is 76.3 Å². The third kappa shape index (κ3) is 4.76. The minimum atomic E-state index is -0.271. The van der Waals surface area contributed by atoms with Gasteiger partial charge in [0.05, 0.1) is 17.8 Å². The summed E-state index contributed by atoms with van der Waals surface area (Å²) in [4.78, 5) is 30.5. The summed E-state index contributed by atoms with van der Waals surface area (Å²) in [5.74, 6) is -0.390. The second kappa shape index (κ2) is 9.22. The van der Waals surface area contributed by atoms with E-state index in [1.165, 1.54) is 42.2 Å². The molecule has 0 saturated carbocycles. The monoisotopic (exact) mass is 420 g/mol. The highest BCUT2D eigenvalue weighted by Gasteiger charge is 2.18. The molecule has 0 unspecified atom stereocenters. The van der Waals surface area contributed by atoms with Crippen molar-refractivity contribution < 1.29 is 14.3 Å². The quantitative estimate of drug-likeness (QED) is 0.527. The van der Waals surface area contributed by atoms with E-state index in [2.05, 4.69) is 17.1 Å². The first kappa shape index (κ1) is 20.3. The molecular formula is C24H24N2O3S. The van der Waals surface area contributed by atoms with Gasteiger partial charge in [-0.15, -0.1) is 11.3 Å². The Bertz CT molecular complexity index is 1050. The molecule has 1 aliphatic carbocycles. The van der Waals surface area contributed by atoms with Gasteiger partial charge in [-0.3, -0.25) is 14.5 Å². The van der Waals surface area contributed by atoms with Crippen LogP contribution >= 0.6 is 11.3 Å². The number of aromatic nitrogens is 1. The first-order valence-electron chi connectivity index (χ1n) is 10.2. The lowest BCUT2D eigenvalue weighted by Gasteiger charge is -2.17. The number of fused-ring (bicyclic) bond motifs is 1. The number of hydrogen-bond acceptors (Lipinski definition) is 5. The van der Waals surface area contributed by atoms with Crippen molar-refractivity contribution in [2.75, 3.05) is 4.90 Å². The van der Waals surface area contributed by atoms with Crippen LogP contribution in [-0.4, -0.2) is 16.9 Å². The lowest BCUT2D eigenvalue weighted by atomic mass is 9.90. The fourth-order valence-electron chi connectivity index (χ4n) is 3.74. The molecule has 0 bridgehead atoms. The summed E-state index contributed by atoms with van der Waals surface area (Å²) in [5, 5.41) is 2.38. The first-order chi connectivity index (χ1) is 14.6. The van der Waals surface area contributed by atoms with Crippen LogP contribution in [0.5, 0.6) is 0 Å². The summed E-state index contributed by atoms with van der Waals surface area (Å²) in [6, 6.07) is 15.7. The Hall–Kier alpha value is -2.99. The van der Waals surface area contributed by atoms with Gasteiger partial charge in [-0.05, 0) is 54.5 Å². The Balaban J connectivity index is 1.37. The summed E-state index contributed by atoms with van der Waals surface area (Å²) < 4.78 is 5.44. The number of rotatable bonds is 6. The van der Waals surface area contributed by atoms with Gasteiger partial charge in [0.15, 0.2) is 5.13 Å². The maximum absolute atomic E-state index is 12.3. The van der Waals surface area contributed by atoms with Crippen LogP contribution in [0.25, 0.3) is 0 Å². The molecule has 154 valence electrons. The molecule has 0 saturated heterocycles. The van der Waals surface area contributed by atoms with Crippen LogP contribution in [0, 0.1) is 0 Å². The summed E-state index contributed by atoms with van der Waals surface area (Å²) in [7, 11) is 0. The van der Waals surface area contributed by atoms with Crippen LogP contribution in [0.1, 0.15) is 42.1 Å². The number of carbonyl (C=O) groups excluding carboxylic acids is 2. The summed E-state index contributed by atoms with van der Waals surface area (Å²) in [6.45, 7) is 1.60. The number of thiazole rings is 1. The zero-order chi connectivity index (χ0) is 20.9. The average Bonchev–Trinajstić information content (AvgIpc) is 3.21. The average molecular weight is 421 g/mol. The number of anilines is 2. The molecule has 1 aromatic heterocycles. The molecule has 0 atom stereocenters. The molecule has 2 aromatic carbocycles. The SMILES string of the molecule is CC(=O)N(c1ccccc1)c1nc(COC(=O)Cc2ccc3c(c2)CCCC3)cs1. The Morgan fingerprint density at radius 2 is 1.83 bits per heavy atom. The van der Waals surface area contributed by atoms with E-state index in [0.717, 1.165) is 24.1 Å². The van der Waals surface area contributed by atoms with Crippen molar-refractivity contribution in [3.8, 4) is 0 Å². The van der Waals surface area contributed by atoms with Crippen molar-refractivity contribution in [2.24, 2.45) is 0 Å². The molecule has 6 heteroatoms. The highest BCUT2D eigenvalue weighted by atomic mass is 32.1. The Kier molecular flexibility index (Phi) is 6.23. The lowest BCUT2D eigenvalue weighted by Crippen LogP contribution is -2.22. The molecule has 5 nitrogen and oxygen atoms in total. The Labute approximate surface area is 180 Å². The van der Waals surface area contributed by atoms with E-state index in [4.69, 9.17) is 4.74 Å². The lowest BCUT2D eigenvalue weighted by molar-refractivity contribution is -0.144. The van der Waals surface area contributed by atoms with Gasteiger partial charge in [-0.2, -0.15) is 0 Å². The molecule has 1 heterocycles. The molecule has 4 rings (SSSR count). The second-order valence-electron chi connectivity index (χ2n) is 7.46. The zero-order valence-corrected chi connectivity index (χ0v) is 17.8. The van der Waals surface area contributed by atoms with E-state index in [0.29, 0.717) is 10.8 Å². The van der Waals surface area contributed by atoms with Crippen LogP contribution in [0.2, 0.25) is 0 Å². The molecule has 0 radical (unpaired) electrons. The molecule has 1 aliphatic rings. The molecule has 0 N–H and O–H groups in total. The van der Waals surface area contributed by atoms with Crippen LogP contribution in [0.4, 0.5) is 10.8 Å². The topological polar surface area (TPSA) is 59.5 Å². The molecule has 30 heavy (non-hydrogen) atoms. The standard InChI is InChI=1S/C24H24N2O3S/c1-17(27)26(22-9-3-2-4-10-22)24-25-21(16-30-24)15-29-23(28)14-18-11-12-19-7-5-6-8-20(19)13-18/h2-4,9-13,16H,5-8,14-15H2,1H3. The Morgan fingerprint density at radius 3 is 2.60 bits per heavy atom. The number of amides is 1. The van der Waals surface area contributed by atoms with Crippen LogP contribution in [0.15, 0.2) is 53.9 Å². The number of ether oxygens (including phenoxy) is 1.